The van der Waals surface area contributed by atoms with Crippen molar-refractivity contribution in [1.29, 1.82) is 0 Å². The smallest absolute Gasteiger partial charge is 0.261 e. The molecule has 2 heterocycles. The third-order valence-electron chi connectivity index (χ3n) is 5.91. The number of nitrogens with one attached hydrogen (secondary N) is 1. The molecule has 1 saturated carbocycles. The molecule has 3 unspecified atom stereocenters. The van der Waals surface area contributed by atoms with E-state index in [2.05, 4.69) is 5.32 Å². The van der Waals surface area contributed by atoms with E-state index in [9.17, 15) is 14.0 Å². The largest absolute Gasteiger partial charge is 0.376 e. The van der Waals surface area contributed by atoms with Crippen molar-refractivity contribution >= 4 is 23.6 Å². The molecule has 2 amide bonds. The van der Waals surface area contributed by atoms with Crippen molar-refractivity contribution in [2.75, 3.05) is 13.2 Å². The summed E-state index contributed by atoms with van der Waals surface area (Å²) in [5, 5.41) is 3.11. The van der Waals surface area contributed by atoms with Gasteiger partial charge in [0.15, 0.2) is 0 Å². The van der Waals surface area contributed by atoms with Crippen LogP contribution in [0.5, 0.6) is 0 Å². The van der Waals surface area contributed by atoms with Crippen LogP contribution in [0, 0.1) is 5.82 Å². The Bertz CT molecular complexity index is 794. The molecular weight excluding hydrogens is 391 g/mol. The van der Waals surface area contributed by atoms with Crippen LogP contribution in [-0.2, 0) is 20.9 Å². The molecule has 2 saturated heterocycles. The maximum Gasteiger partial charge on any atom is 0.261 e. The lowest BCUT2D eigenvalue weighted by atomic mass is 9.92. The Balaban J connectivity index is 1.49. The van der Waals surface area contributed by atoms with Gasteiger partial charge in [-0.1, -0.05) is 31.0 Å². The number of halogens is 1. The zero-order valence-corrected chi connectivity index (χ0v) is 17.3. The second-order valence-corrected chi connectivity index (χ2v) is 9.20. The van der Waals surface area contributed by atoms with Gasteiger partial charge in [0.2, 0.25) is 5.91 Å². The fourth-order valence-electron chi connectivity index (χ4n) is 4.36. The van der Waals surface area contributed by atoms with Crippen LogP contribution in [0.3, 0.4) is 0 Å². The molecule has 1 aliphatic carbocycles. The predicted molar refractivity (Wildman–Crippen MR) is 111 cm³/mol. The van der Waals surface area contributed by atoms with Crippen molar-refractivity contribution in [1.82, 2.24) is 10.2 Å². The molecule has 3 fully saturated rings. The van der Waals surface area contributed by atoms with E-state index >= 15 is 0 Å². The quantitative estimate of drug-likeness (QED) is 0.745. The molecule has 3 aliphatic rings. The van der Waals surface area contributed by atoms with Crippen molar-refractivity contribution < 1.29 is 18.7 Å². The van der Waals surface area contributed by atoms with E-state index in [0.717, 1.165) is 45.1 Å². The molecule has 0 radical (unpaired) electrons. The fourth-order valence-corrected chi connectivity index (χ4v) is 5.81. The zero-order valence-electron chi connectivity index (χ0n) is 16.4. The number of thioether (sulfide) groups is 1. The van der Waals surface area contributed by atoms with Gasteiger partial charge in [-0.15, -0.1) is 11.8 Å². The minimum atomic E-state index is -0.300. The maximum absolute atomic E-state index is 14.2. The number of ether oxygens (including phenoxy) is 1. The standard InChI is InChI=1S/C22H27FN2O3S/c23-17-8-2-1-6-15(17)14-25-18-9-3-4-10-19(18)29-20(22(25)27)12-21(26)24-13-16-7-5-11-28-16/h1-2,6,8,12,16,18-19H,3-5,7,9-11,13-14H2,(H,24,26)/b20-12-. The molecule has 156 valence electrons. The minimum Gasteiger partial charge on any atom is -0.376 e. The van der Waals surface area contributed by atoms with Gasteiger partial charge >= 0.3 is 0 Å². The van der Waals surface area contributed by atoms with E-state index in [1.165, 1.54) is 23.9 Å². The van der Waals surface area contributed by atoms with Gasteiger partial charge in [0.1, 0.15) is 5.82 Å². The van der Waals surface area contributed by atoms with Gasteiger partial charge in [-0.3, -0.25) is 9.59 Å². The average Bonchev–Trinajstić information content (AvgIpc) is 3.24. The number of hydrogen-bond donors (Lipinski definition) is 1. The Hall–Kier alpha value is -1.86. The summed E-state index contributed by atoms with van der Waals surface area (Å²) in [5.74, 6) is -0.740. The van der Waals surface area contributed by atoms with Crippen LogP contribution in [0.1, 0.15) is 44.1 Å². The zero-order chi connectivity index (χ0) is 20.2. The number of fused-ring (bicyclic) bond motifs is 1. The Morgan fingerprint density at radius 2 is 2.07 bits per heavy atom. The number of nitrogens with zero attached hydrogens (tertiary/aromatic N) is 1. The van der Waals surface area contributed by atoms with E-state index in [1.807, 2.05) is 0 Å². The fraction of sp³-hybridized carbons (Fsp3) is 0.545. The lowest BCUT2D eigenvalue weighted by molar-refractivity contribution is -0.130. The number of benzene rings is 1. The van der Waals surface area contributed by atoms with E-state index in [1.54, 1.807) is 23.1 Å². The van der Waals surface area contributed by atoms with Crippen LogP contribution in [0.15, 0.2) is 35.2 Å². The average molecular weight is 419 g/mol. The monoisotopic (exact) mass is 418 g/mol. The summed E-state index contributed by atoms with van der Waals surface area (Å²) in [6.45, 7) is 1.44. The Kier molecular flexibility index (Phi) is 6.55. The van der Waals surface area contributed by atoms with Gasteiger partial charge in [0.25, 0.3) is 5.91 Å². The summed E-state index contributed by atoms with van der Waals surface area (Å²) >= 11 is 1.51. The van der Waals surface area contributed by atoms with Gasteiger partial charge in [0.05, 0.1) is 11.0 Å². The van der Waals surface area contributed by atoms with Crippen LogP contribution in [0.2, 0.25) is 0 Å². The summed E-state index contributed by atoms with van der Waals surface area (Å²) in [6, 6.07) is 6.68. The number of hydrogen-bond acceptors (Lipinski definition) is 4. The molecule has 0 spiro atoms. The molecule has 0 aromatic heterocycles. The second-order valence-electron chi connectivity index (χ2n) is 7.92. The molecule has 3 atom stereocenters. The van der Waals surface area contributed by atoms with Crippen LogP contribution in [0.4, 0.5) is 4.39 Å². The summed E-state index contributed by atoms with van der Waals surface area (Å²) in [6.07, 6.45) is 7.57. The number of amides is 2. The van der Waals surface area contributed by atoms with Crippen molar-refractivity contribution in [2.24, 2.45) is 0 Å². The minimum absolute atomic E-state index is 0.0624. The van der Waals surface area contributed by atoms with Gasteiger partial charge in [-0.25, -0.2) is 4.39 Å². The molecule has 4 rings (SSSR count). The van der Waals surface area contributed by atoms with Crippen LogP contribution >= 0.6 is 11.8 Å². The molecule has 5 nitrogen and oxygen atoms in total. The summed E-state index contributed by atoms with van der Waals surface area (Å²) in [7, 11) is 0. The first-order valence-electron chi connectivity index (χ1n) is 10.4. The SMILES string of the molecule is O=C(/C=C1\SC2CCCCC2N(Cc2ccccc2F)C1=O)NCC1CCCO1. The normalized spacial score (nSPS) is 28.4. The molecule has 1 N–H and O–H groups in total. The highest BCUT2D eigenvalue weighted by Crippen LogP contribution is 2.42. The number of carbonyl (C=O) groups excluding carboxylic acids is 2. The molecular formula is C22H27FN2O3S. The highest BCUT2D eigenvalue weighted by Gasteiger charge is 2.40. The summed E-state index contributed by atoms with van der Waals surface area (Å²) in [4.78, 5) is 27.8. The van der Waals surface area contributed by atoms with E-state index in [0.29, 0.717) is 17.0 Å². The Labute approximate surface area is 175 Å². The third-order valence-corrected chi connectivity index (χ3v) is 7.31. The van der Waals surface area contributed by atoms with Gasteiger partial charge in [-0.05, 0) is 31.7 Å². The predicted octanol–water partition coefficient (Wildman–Crippen LogP) is 3.39. The molecule has 2 aliphatic heterocycles. The van der Waals surface area contributed by atoms with Crippen LogP contribution < -0.4 is 5.32 Å². The first kappa shape index (κ1) is 20.4. The van der Waals surface area contributed by atoms with Gasteiger partial charge in [-0.2, -0.15) is 0 Å². The first-order valence-corrected chi connectivity index (χ1v) is 11.3. The molecule has 7 heteroatoms. The Morgan fingerprint density at radius 3 is 2.86 bits per heavy atom. The molecule has 0 bridgehead atoms. The number of carbonyl (C=O) groups is 2. The van der Waals surface area contributed by atoms with E-state index < -0.39 is 0 Å². The highest BCUT2D eigenvalue weighted by molar-refractivity contribution is 8.04. The third kappa shape index (κ3) is 4.83. The van der Waals surface area contributed by atoms with Gasteiger partial charge in [0, 0.05) is 42.6 Å². The lowest BCUT2D eigenvalue weighted by Gasteiger charge is -2.44. The first-order chi connectivity index (χ1) is 14.1. The Morgan fingerprint density at radius 1 is 1.24 bits per heavy atom. The van der Waals surface area contributed by atoms with Crippen LogP contribution in [0.25, 0.3) is 0 Å². The highest BCUT2D eigenvalue weighted by atomic mass is 32.2. The van der Waals surface area contributed by atoms with Crippen LogP contribution in [-0.4, -0.2) is 47.3 Å². The summed E-state index contributed by atoms with van der Waals surface area (Å²) in [5.41, 5.74) is 0.513. The molecule has 1 aromatic carbocycles. The van der Waals surface area contributed by atoms with Gasteiger partial charge < -0.3 is 15.0 Å². The lowest BCUT2D eigenvalue weighted by Crippen LogP contribution is -2.51. The topological polar surface area (TPSA) is 58.6 Å². The van der Waals surface area contributed by atoms with Crippen molar-refractivity contribution in [2.45, 2.75) is 62.5 Å². The van der Waals surface area contributed by atoms with Crippen molar-refractivity contribution in [3.8, 4) is 0 Å². The molecule has 1 aromatic rings. The van der Waals surface area contributed by atoms with E-state index in [4.69, 9.17) is 4.74 Å². The van der Waals surface area contributed by atoms with Crippen molar-refractivity contribution in [3.05, 3.63) is 46.6 Å². The number of rotatable bonds is 5. The maximum atomic E-state index is 14.2. The summed E-state index contributed by atoms with van der Waals surface area (Å²) < 4.78 is 19.7. The molecule has 29 heavy (non-hydrogen) atoms. The second kappa shape index (κ2) is 9.30. The van der Waals surface area contributed by atoms with E-state index in [-0.39, 0.29) is 41.6 Å². The van der Waals surface area contributed by atoms with Crippen molar-refractivity contribution in [3.63, 3.8) is 0 Å².